The molecule has 28 heavy (non-hydrogen) atoms. The standard InChI is InChI=1S/C20H31N5O3/c1-3-21-20(22-10-6-13-25-12-5-9-19(25)27)23-11-14-28-18-8-4-7-17(15-18)24-16(2)26/h4,7-8,15H,3,5-6,9-14H2,1-2H3,(H,24,26)(H2,21,22,23). The zero-order valence-electron chi connectivity index (χ0n) is 16.8. The molecule has 2 rings (SSSR count). The van der Waals surface area contributed by atoms with Crippen molar-refractivity contribution in [3.63, 3.8) is 0 Å². The summed E-state index contributed by atoms with van der Waals surface area (Å²) in [6.07, 6.45) is 2.51. The largest absolute Gasteiger partial charge is 0.492 e. The fraction of sp³-hybridized carbons (Fsp3) is 0.550. The maximum Gasteiger partial charge on any atom is 0.222 e. The predicted octanol–water partition coefficient (Wildman–Crippen LogP) is 1.59. The molecular weight excluding hydrogens is 358 g/mol. The molecule has 1 aliphatic rings. The average Bonchev–Trinajstić information content (AvgIpc) is 3.07. The summed E-state index contributed by atoms with van der Waals surface area (Å²) in [7, 11) is 0. The molecule has 154 valence electrons. The van der Waals surface area contributed by atoms with Crippen LogP contribution in [0.1, 0.15) is 33.1 Å². The van der Waals surface area contributed by atoms with Gasteiger partial charge in [-0.05, 0) is 31.9 Å². The number of nitrogens with zero attached hydrogens (tertiary/aromatic N) is 2. The zero-order chi connectivity index (χ0) is 20.2. The molecule has 1 saturated heterocycles. The van der Waals surface area contributed by atoms with Crippen LogP contribution in [0.4, 0.5) is 5.69 Å². The Balaban J connectivity index is 1.69. The van der Waals surface area contributed by atoms with E-state index < -0.39 is 0 Å². The van der Waals surface area contributed by atoms with Crippen LogP contribution in [0, 0.1) is 0 Å². The van der Waals surface area contributed by atoms with Crippen LogP contribution in [-0.2, 0) is 9.59 Å². The number of rotatable bonds is 10. The van der Waals surface area contributed by atoms with E-state index in [4.69, 9.17) is 4.74 Å². The Morgan fingerprint density at radius 2 is 2.18 bits per heavy atom. The minimum Gasteiger partial charge on any atom is -0.492 e. The van der Waals surface area contributed by atoms with Gasteiger partial charge in [0.05, 0.1) is 6.54 Å². The molecule has 0 bridgehead atoms. The number of hydrogen-bond donors (Lipinski definition) is 3. The number of ether oxygens (including phenoxy) is 1. The number of carbonyl (C=O) groups is 2. The summed E-state index contributed by atoms with van der Waals surface area (Å²) in [5.74, 6) is 1.59. The highest BCUT2D eigenvalue weighted by atomic mass is 16.5. The number of aliphatic imine (C=N–C) groups is 1. The van der Waals surface area contributed by atoms with Crippen molar-refractivity contribution in [1.29, 1.82) is 0 Å². The molecule has 2 amide bonds. The molecule has 8 heteroatoms. The van der Waals surface area contributed by atoms with Gasteiger partial charge in [0.15, 0.2) is 5.96 Å². The van der Waals surface area contributed by atoms with E-state index in [-0.39, 0.29) is 11.8 Å². The monoisotopic (exact) mass is 389 g/mol. The van der Waals surface area contributed by atoms with Crippen molar-refractivity contribution >= 4 is 23.5 Å². The summed E-state index contributed by atoms with van der Waals surface area (Å²) in [6, 6.07) is 7.30. The molecule has 8 nitrogen and oxygen atoms in total. The molecule has 1 aliphatic heterocycles. The Labute approximate surface area is 166 Å². The van der Waals surface area contributed by atoms with Gasteiger partial charge in [-0.1, -0.05) is 6.07 Å². The van der Waals surface area contributed by atoms with Gasteiger partial charge in [-0.25, -0.2) is 0 Å². The number of carbonyl (C=O) groups excluding carboxylic acids is 2. The summed E-state index contributed by atoms with van der Waals surface area (Å²) in [5, 5.41) is 9.18. The van der Waals surface area contributed by atoms with Crippen molar-refractivity contribution in [3.8, 4) is 5.75 Å². The molecule has 1 aromatic rings. The SMILES string of the molecule is CCNC(=NCCCN1CCCC1=O)NCCOc1cccc(NC(C)=O)c1. The number of likely N-dealkylation sites (tertiary alicyclic amines) is 1. The van der Waals surface area contributed by atoms with Crippen molar-refractivity contribution in [2.24, 2.45) is 4.99 Å². The number of hydrogen-bond acceptors (Lipinski definition) is 4. The maximum atomic E-state index is 11.6. The molecule has 3 N–H and O–H groups in total. The Morgan fingerprint density at radius 3 is 2.89 bits per heavy atom. The summed E-state index contributed by atoms with van der Waals surface area (Å²) in [5.41, 5.74) is 0.712. The molecule has 0 saturated carbocycles. The van der Waals surface area contributed by atoms with E-state index in [1.807, 2.05) is 30.0 Å². The summed E-state index contributed by atoms with van der Waals surface area (Å²) in [6.45, 7) is 7.65. The normalized spacial score (nSPS) is 14.1. The predicted molar refractivity (Wildman–Crippen MR) is 111 cm³/mol. The molecule has 0 radical (unpaired) electrons. The number of amides is 2. The van der Waals surface area contributed by atoms with Gasteiger partial charge in [-0.15, -0.1) is 0 Å². The molecule has 0 aromatic heterocycles. The first-order valence-electron chi connectivity index (χ1n) is 9.89. The van der Waals surface area contributed by atoms with E-state index in [1.165, 1.54) is 6.92 Å². The van der Waals surface area contributed by atoms with Gasteiger partial charge in [0.2, 0.25) is 11.8 Å². The smallest absolute Gasteiger partial charge is 0.222 e. The van der Waals surface area contributed by atoms with Crippen molar-refractivity contribution in [1.82, 2.24) is 15.5 Å². The molecular formula is C20H31N5O3. The highest BCUT2D eigenvalue weighted by Gasteiger charge is 2.18. The number of anilines is 1. The first kappa shape index (κ1) is 21.5. The molecule has 1 heterocycles. The van der Waals surface area contributed by atoms with Gasteiger partial charge in [-0.3, -0.25) is 14.6 Å². The lowest BCUT2D eigenvalue weighted by Crippen LogP contribution is -2.39. The third-order valence-electron chi connectivity index (χ3n) is 4.19. The van der Waals surface area contributed by atoms with E-state index in [1.54, 1.807) is 6.07 Å². The van der Waals surface area contributed by atoms with Crippen LogP contribution >= 0.6 is 0 Å². The van der Waals surface area contributed by atoms with Crippen molar-refractivity contribution in [2.45, 2.75) is 33.1 Å². The molecule has 0 atom stereocenters. The van der Waals surface area contributed by atoms with Gasteiger partial charge >= 0.3 is 0 Å². The van der Waals surface area contributed by atoms with Crippen LogP contribution in [0.5, 0.6) is 5.75 Å². The first-order chi connectivity index (χ1) is 13.6. The number of nitrogens with one attached hydrogen (secondary N) is 3. The van der Waals surface area contributed by atoms with Gasteiger partial charge in [0, 0.05) is 51.3 Å². The molecule has 0 unspecified atom stereocenters. The molecule has 0 spiro atoms. The highest BCUT2D eigenvalue weighted by molar-refractivity contribution is 5.88. The Morgan fingerprint density at radius 1 is 1.32 bits per heavy atom. The van der Waals surface area contributed by atoms with E-state index >= 15 is 0 Å². The van der Waals surface area contributed by atoms with Crippen LogP contribution < -0.4 is 20.7 Å². The summed E-state index contributed by atoms with van der Waals surface area (Å²) < 4.78 is 5.72. The van der Waals surface area contributed by atoms with Gasteiger partial charge in [0.25, 0.3) is 0 Å². The second-order valence-corrected chi connectivity index (χ2v) is 6.58. The van der Waals surface area contributed by atoms with Crippen LogP contribution in [0.25, 0.3) is 0 Å². The van der Waals surface area contributed by atoms with E-state index in [9.17, 15) is 9.59 Å². The second-order valence-electron chi connectivity index (χ2n) is 6.58. The van der Waals surface area contributed by atoms with Crippen molar-refractivity contribution in [2.75, 3.05) is 44.6 Å². The van der Waals surface area contributed by atoms with Gasteiger partial charge < -0.3 is 25.6 Å². The summed E-state index contributed by atoms with van der Waals surface area (Å²) in [4.78, 5) is 29.2. The first-order valence-corrected chi connectivity index (χ1v) is 9.89. The topological polar surface area (TPSA) is 95.1 Å². The van der Waals surface area contributed by atoms with Crippen LogP contribution in [0.15, 0.2) is 29.3 Å². The molecule has 1 aromatic carbocycles. The van der Waals surface area contributed by atoms with Crippen molar-refractivity contribution in [3.05, 3.63) is 24.3 Å². The van der Waals surface area contributed by atoms with Crippen LogP contribution in [0.3, 0.4) is 0 Å². The quantitative estimate of drug-likeness (QED) is 0.321. The average molecular weight is 390 g/mol. The van der Waals surface area contributed by atoms with E-state index in [0.717, 1.165) is 38.4 Å². The number of guanidine groups is 1. The van der Waals surface area contributed by atoms with Gasteiger partial charge in [-0.2, -0.15) is 0 Å². The van der Waals surface area contributed by atoms with Crippen molar-refractivity contribution < 1.29 is 14.3 Å². The van der Waals surface area contributed by atoms with Crippen LogP contribution in [0.2, 0.25) is 0 Å². The Kier molecular flexibility index (Phi) is 9.10. The third kappa shape index (κ3) is 7.85. The zero-order valence-corrected chi connectivity index (χ0v) is 16.8. The fourth-order valence-electron chi connectivity index (χ4n) is 2.94. The molecule has 1 fully saturated rings. The minimum atomic E-state index is -0.112. The Hall–Kier alpha value is -2.77. The lowest BCUT2D eigenvalue weighted by molar-refractivity contribution is -0.127. The highest BCUT2D eigenvalue weighted by Crippen LogP contribution is 2.17. The van der Waals surface area contributed by atoms with E-state index in [2.05, 4.69) is 20.9 Å². The van der Waals surface area contributed by atoms with E-state index in [0.29, 0.717) is 37.6 Å². The maximum absolute atomic E-state index is 11.6. The lowest BCUT2D eigenvalue weighted by atomic mass is 10.3. The fourth-order valence-corrected chi connectivity index (χ4v) is 2.94. The summed E-state index contributed by atoms with van der Waals surface area (Å²) >= 11 is 0. The second kappa shape index (κ2) is 11.8. The minimum absolute atomic E-state index is 0.112. The lowest BCUT2D eigenvalue weighted by Gasteiger charge is -2.15. The van der Waals surface area contributed by atoms with Crippen LogP contribution in [-0.4, -0.2) is 62.0 Å². The van der Waals surface area contributed by atoms with Gasteiger partial charge in [0.1, 0.15) is 12.4 Å². The third-order valence-corrected chi connectivity index (χ3v) is 4.19. The Bertz CT molecular complexity index is 678. The number of benzene rings is 1. The molecule has 0 aliphatic carbocycles.